The monoisotopic (exact) mass is 307 g/mol. The molecule has 0 saturated heterocycles. The minimum Gasteiger partial charge on any atom is -0.312 e. The van der Waals surface area contributed by atoms with Crippen LogP contribution in [0.25, 0.3) is 0 Å². The van der Waals surface area contributed by atoms with Crippen molar-refractivity contribution >= 4 is 34.7 Å². The summed E-state index contributed by atoms with van der Waals surface area (Å²) >= 11 is 2.97. The number of carbonyl (C=O) groups excluding carboxylic acids is 1. The Morgan fingerprint density at radius 1 is 1.30 bits per heavy atom. The molecule has 1 aromatic carbocycles. The van der Waals surface area contributed by atoms with E-state index in [-0.39, 0.29) is 5.91 Å². The Morgan fingerprint density at radius 3 is 2.65 bits per heavy atom. The fraction of sp³-hybridized carbons (Fsp3) is 0.357. The number of aryl methyl sites for hydroxylation is 2. The standard InChI is InChI=1S/C14H17N3OS2/c1-4-17(12-8-6-5-7-10(12)2)13(18)9-19-14-16-15-11(3)20-14/h5-8H,4,9H2,1-3H3. The van der Waals surface area contributed by atoms with Gasteiger partial charge in [0, 0.05) is 12.2 Å². The average molecular weight is 307 g/mol. The van der Waals surface area contributed by atoms with Crippen LogP contribution in [-0.4, -0.2) is 28.4 Å². The summed E-state index contributed by atoms with van der Waals surface area (Å²) in [5.41, 5.74) is 2.09. The molecule has 0 spiro atoms. The van der Waals surface area contributed by atoms with Crippen LogP contribution in [0.5, 0.6) is 0 Å². The van der Waals surface area contributed by atoms with Crippen LogP contribution in [0.15, 0.2) is 28.6 Å². The number of para-hydroxylation sites is 1. The summed E-state index contributed by atoms with van der Waals surface area (Å²) in [5, 5.41) is 8.90. The maximum Gasteiger partial charge on any atom is 0.237 e. The predicted molar refractivity (Wildman–Crippen MR) is 84.6 cm³/mol. The molecule has 0 atom stereocenters. The molecule has 0 fully saturated rings. The molecule has 20 heavy (non-hydrogen) atoms. The van der Waals surface area contributed by atoms with E-state index < -0.39 is 0 Å². The molecule has 2 aromatic rings. The first kappa shape index (κ1) is 15.0. The van der Waals surface area contributed by atoms with E-state index in [1.54, 1.807) is 0 Å². The van der Waals surface area contributed by atoms with Crippen LogP contribution in [-0.2, 0) is 4.79 Å². The number of rotatable bonds is 5. The molecule has 0 aliphatic carbocycles. The van der Waals surface area contributed by atoms with Crippen molar-refractivity contribution in [1.82, 2.24) is 10.2 Å². The van der Waals surface area contributed by atoms with Crippen molar-refractivity contribution in [3.8, 4) is 0 Å². The molecule has 0 saturated carbocycles. The van der Waals surface area contributed by atoms with E-state index in [4.69, 9.17) is 0 Å². The molecule has 1 amide bonds. The van der Waals surface area contributed by atoms with Gasteiger partial charge in [0.25, 0.3) is 0 Å². The number of anilines is 1. The van der Waals surface area contributed by atoms with Gasteiger partial charge in [-0.2, -0.15) is 0 Å². The maximum atomic E-state index is 12.4. The van der Waals surface area contributed by atoms with E-state index in [9.17, 15) is 4.79 Å². The molecular weight excluding hydrogens is 290 g/mol. The summed E-state index contributed by atoms with van der Waals surface area (Å²) in [6.45, 7) is 6.59. The van der Waals surface area contributed by atoms with Crippen molar-refractivity contribution in [2.24, 2.45) is 0 Å². The Labute approximate surface area is 127 Å². The van der Waals surface area contributed by atoms with Crippen LogP contribution < -0.4 is 4.90 Å². The highest BCUT2D eigenvalue weighted by atomic mass is 32.2. The highest BCUT2D eigenvalue weighted by Crippen LogP contribution is 2.24. The molecule has 6 heteroatoms. The third-order valence-electron chi connectivity index (χ3n) is 2.85. The van der Waals surface area contributed by atoms with Gasteiger partial charge in [0.15, 0.2) is 4.34 Å². The SMILES string of the molecule is CCN(C(=O)CSc1nnc(C)s1)c1ccccc1C. The van der Waals surface area contributed by atoms with Gasteiger partial charge in [-0.1, -0.05) is 41.3 Å². The van der Waals surface area contributed by atoms with Gasteiger partial charge in [-0.15, -0.1) is 10.2 Å². The number of hydrogen-bond acceptors (Lipinski definition) is 5. The zero-order valence-corrected chi connectivity index (χ0v) is 13.4. The number of amides is 1. The number of benzene rings is 1. The van der Waals surface area contributed by atoms with E-state index in [2.05, 4.69) is 10.2 Å². The summed E-state index contributed by atoms with van der Waals surface area (Å²) < 4.78 is 0.844. The maximum absolute atomic E-state index is 12.4. The normalized spacial score (nSPS) is 10.6. The first-order valence-corrected chi connectivity index (χ1v) is 8.21. The van der Waals surface area contributed by atoms with Crippen LogP contribution >= 0.6 is 23.1 Å². The smallest absolute Gasteiger partial charge is 0.237 e. The third-order valence-corrected chi connectivity index (χ3v) is 4.81. The Morgan fingerprint density at radius 2 is 2.05 bits per heavy atom. The van der Waals surface area contributed by atoms with Gasteiger partial charge in [0.05, 0.1) is 5.75 Å². The van der Waals surface area contributed by atoms with E-state index in [1.165, 1.54) is 23.1 Å². The fourth-order valence-electron chi connectivity index (χ4n) is 1.89. The number of aromatic nitrogens is 2. The Kier molecular flexibility index (Phi) is 5.14. The Hall–Kier alpha value is -1.40. The van der Waals surface area contributed by atoms with Crippen LogP contribution in [0.3, 0.4) is 0 Å². The number of nitrogens with zero attached hydrogens (tertiary/aromatic N) is 3. The molecule has 0 bridgehead atoms. The molecule has 1 aromatic heterocycles. The van der Waals surface area contributed by atoms with Gasteiger partial charge >= 0.3 is 0 Å². The zero-order valence-electron chi connectivity index (χ0n) is 11.8. The van der Waals surface area contributed by atoms with Crippen molar-refractivity contribution in [3.05, 3.63) is 34.8 Å². The molecule has 0 N–H and O–H groups in total. The Balaban J connectivity index is 2.04. The summed E-state index contributed by atoms with van der Waals surface area (Å²) in [4.78, 5) is 14.2. The third kappa shape index (κ3) is 3.58. The highest BCUT2D eigenvalue weighted by molar-refractivity contribution is 8.01. The van der Waals surface area contributed by atoms with Crippen molar-refractivity contribution in [2.75, 3.05) is 17.2 Å². The highest BCUT2D eigenvalue weighted by Gasteiger charge is 2.16. The number of hydrogen-bond donors (Lipinski definition) is 0. The molecule has 106 valence electrons. The van der Waals surface area contributed by atoms with E-state index in [0.717, 1.165) is 20.6 Å². The fourth-order valence-corrected chi connectivity index (χ4v) is 3.58. The second-order valence-corrected chi connectivity index (χ2v) is 6.70. The molecule has 4 nitrogen and oxygen atoms in total. The summed E-state index contributed by atoms with van der Waals surface area (Å²) in [7, 11) is 0. The Bertz CT molecular complexity index is 598. The van der Waals surface area contributed by atoms with E-state index in [1.807, 2.05) is 49.9 Å². The number of carbonyl (C=O) groups is 1. The van der Waals surface area contributed by atoms with Gasteiger partial charge < -0.3 is 4.90 Å². The van der Waals surface area contributed by atoms with Crippen molar-refractivity contribution in [3.63, 3.8) is 0 Å². The lowest BCUT2D eigenvalue weighted by atomic mass is 10.2. The lowest BCUT2D eigenvalue weighted by Crippen LogP contribution is -2.32. The van der Waals surface area contributed by atoms with Crippen LogP contribution in [0.2, 0.25) is 0 Å². The first-order valence-electron chi connectivity index (χ1n) is 6.40. The van der Waals surface area contributed by atoms with Crippen LogP contribution in [0.4, 0.5) is 5.69 Å². The molecule has 0 unspecified atom stereocenters. The van der Waals surface area contributed by atoms with Gasteiger partial charge in [-0.3, -0.25) is 4.79 Å². The first-order chi connectivity index (χ1) is 9.61. The van der Waals surface area contributed by atoms with E-state index in [0.29, 0.717) is 12.3 Å². The van der Waals surface area contributed by atoms with E-state index >= 15 is 0 Å². The average Bonchev–Trinajstić information content (AvgIpc) is 2.85. The summed E-state index contributed by atoms with van der Waals surface area (Å²) in [5.74, 6) is 0.483. The second-order valence-electron chi connectivity index (χ2n) is 4.30. The summed E-state index contributed by atoms with van der Waals surface area (Å²) in [6, 6.07) is 7.94. The van der Waals surface area contributed by atoms with Gasteiger partial charge in [0.2, 0.25) is 5.91 Å². The lowest BCUT2D eigenvalue weighted by molar-refractivity contribution is -0.116. The lowest BCUT2D eigenvalue weighted by Gasteiger charge is -2.22. The van der Waals surface area contributed by atoms with Crippen molar-refractivity contribution in [2.45, 2.75) is 25.1 Å². The molecule has 0 aliphatic rings. The van der Waals surface area contributed by atoms with Crippen molar-refractivity contribution in [1.29, 1.82) is 0 Å². The van der Waals surface area contributed by atoms with Gasteiger partial charge in [-0.25, -0.2) is 0 Å². The largest absolute Gasteiger partial charge is 0.312 e. The molecular formula is C14H17N3OS2. The second kappa shape index (κ2) is 6.85. The van der Waals surface area contributed by atoms with Crippen molar-refractivity contribution < 1.29 is 4.79 Å². The minimum absolute atomic E-state index is 0.0969. The quantitative estimate of drug-likeness (QED) is 0.795. The van der Waals surface area contributed by atoms with Crippen LogP contribution in [0.1, 0.15) is 17.5 Å². The van der Waals surface area contributed by atoms with Crippen LogP contribution in [0, 0.1) is 13.8 Å². The molecule has 1 heterocycles. The summed E-state index contributed by atoms with van der Waals surface area (Å²) in [6.07, 6.45) is 0. The number of thioether (sulfide) groups is 1. The molecule has 0 aliphatic heterocycles. The predicted octanol–water partition coefficient (Wildman–Crippen LogP) is 3.30. The minimum atomic E-state index is 0.0969. The topological polar surface area (TPSA) is 46.1 Å². The van der Waals surface area contributed by atoms with Gasteiger partial charge in [-0.05, 0) is 32.4 Å². The zero-order chi connectivity index (χ0) is 14.5. The van der Waals surface area contributed by atoms with Gasteiger partial charge in [0.1, 0.15) is 5.01 Å². The molecule has 0 radical (unpaired) electrons. The molecule has 2 rings (SSSR count).